The third-order valence-corrected chi connectivity index (χ3v) is 5.46. The molecule has 2 heterocycles. The van der Waals surface area contributed by atoms with Gasteiger partial charge in [0.1, 0.15) is 11.9 Å². The molecule has 0 fully saturated rings. The second-order valence-electron chi connectivity index (χ2n) is 7.08. The smallest absolute Gasteiger partial charge is 0.231 e. The minimum atomic E-state index is -0.285. The standard InChI is InChI=1S/C23H19ClN2O3/c24-16-5-3-4-15(10-16)23-25-18(14-8-9-21-22(11-14)29-13-28-21)12-19(26-23)17-6-1-2-7-20(17)27/h1-11,19,23,26-27H,12-13H2/t19-,23-/m1/s1. The van der Waals surface area contributed by atoms with Gasteiger partial charge in [0.05, 0.1) is 0 Å². The van der Waals surface area contributed by atoms with Crippen LogP contribution in [0.5, 0.6) is 17.2 Å². The molecule has 146 valence electrons. The lowest BCUT2D eigenvalue weighted by Crippen LogP contribution is -2.33. The lowest BCUT2D eigenvalue weighted by Gasteiger charge is -2.31. The molecule has 5 nitrogen and oxygen atoms in total. The number of aromatic hydroxyl groups is 1. The van der Waals surface area contributed by atoms with E-state index in [9.17, 15) is 5.11 Å². The summed E-state index contributed by atoms with van der Waals surface area (Å²) in [6.07, 6.45) is 0.348. The molecule has 2 aliphatic heterocycles. The molecule has 3 aromatic carbocycles. The Morgan fingerprint density at radius 1 is 0.966 bits per heavy atom. The van der Waals surface area contributed by atoms with E-state index in [1.807, 2.05) is 60.7 Å². The predicted octanol–water partition coefficient (Wildman–Crippen LogP) is 5.00. The molecular weight excluding hydrogens is 388 g/mol. The molecule has 0 saturated heterocycles. The molecule has 0 radical (unpaired) electrons. The minimum Gasteiger partial charge on any atom is -0.508 e. The van der Waals surface area contributed by atoms with E-state index in [1.165, 1.54) is 0 Å². The Labute approximate surface area is 173 Å². The van der Waals surface area contributed by atoms with Crippen LogP contribution in [0, 0.1) is 0 Å². The number of aliphatic imine (C=N–C) groups is 1. The predicted molar refractivity (Wildman–Crippen MR) is 112 cm³/mol. The van der Waals surface area contributed by atoms with Crippen LogP contribution in [0.2, 0.25) is 5.02 Å². The Kier molecular flexibility index (Phi) is 4.62. The molecule has 5 rings (SSSR count). The average Bonchev–Trinajstić information content (AvgIpc) is 3.22. The van der Waals surface area contributed by atoms with Gasteiger partial charge in [0.25, 0.3) is 0 Å². The number of phenols is 1. The number of rotatable bonds is 3. The van der Waals surface area contributed by atoms with Crippen LogP contribution in [-0.2, 0) is 0 Å². The lowest BCUT2D eigenvalue weighted by atomic mass is 9.93. The number of nitrogens with zero attached hydrogens (tertiary/aromatic N) is 1. The van der Waals surface area contributed by atoms with Crippen molar-refractivity contribution in [3.05, 3.63) is 88.4 Å². The van der Waals surface area contributed by atoms with E-state index in [-0.39, 0.29) is 24.8 Å². The molecule has 0 aromatic heterocycles. The van der Waals surface area contributed by atoms with Crippen molar-refractivity contribution in [1.29, 1.82) is 0 Å². The summed E-state index contributed by atoms with van der Waals surface area (Å²) in [7, 11) is 0. The normalized spacial score (nSPS) is 20.4. The van der Waals surface area contributed by atoms with Crippen LogP contribution in [-0.4, -0.2) is 17.6 Å². The Balaban J connectivity index is 1.57. The highest BCUT2D eigenvalue weighted by molar-refractivity contribution is 6.30. The number of fused-ring (bicyclic) bond motifs is 1. The van der Waals surface area contributed by atoms with Crippen LogP contribution in [0.1, 0.15) is 35.3 Å². The van der Waals surface area contributed by atoms with Gasteiger partial charge < -0.3 is 14.6 Å². The zero-order chi connectivity index (χ0) is 19.8. The van der Waals surface area contributed by atoms with Crippen molar-refractivity contribution in [2.75, 3.05) is 6.79 Å². The molecule has 0 unspecified atom stereocenters. The third kappa shape index (κ3) is 3.55. The first-order chi connectivity index (χ1) is 14.2. The second kappa shape index (κ2) is 7.43. The molecule has 0 spiro atoms. The average molecular weight is 407 g/mol. The van der Waals surface area contributed by atoms with Gasteiger partial charge in [-0.2, -0.15) is 0 Å². The highest BCUT2D eigenvalue weighted by atomic mass is 35.5. The maximum atomic E-state index is 10.4. The summed E-state index contributed by atoms with van der Waals surface area (Å²) in [5.74, 6) is 1.73. The zero-order valence-electron chi connectivity index (χ0n) is 15.5. The number of benzene rings is 3. The van der Waals surface area contributed by atoms with Crippen LogP contribution >= 0.6 is 11.6 Å². The molecular formula is C23H19ClN2O3. The van der Waals surface area contributed by atoms with Crippen LogP contribution in [0.4, 0.5) is 0 Å². The number of hydrogen-bond donors (Lipinski definition) is 2. The van der Waals surface area contributed by atoms with Gasteiger partial charge in [-0.3, -0.25) is 10.3 Å². The first kappa shape index (κ1) is 18.0. The number of para-hydroxylation sites is 1. The van der Waals surface area contributed by atoms with Crippen molar-refractivity contribution in [1.82, 2.24) is 5.32 Å². The summed E-state index contributed by atoms with van der Waals surface area (Å²) in [6.45, 7) is 0.235. The second-order valence-corrected chi connectivity index (χ2v) is 7.52. The van der Waals surface area contributed by atoms with Gasteiger partial charge in [0, 0.05) is 28.8 Å². The third-order valence-electron chi connectivity index (χ3n) is 5.22. The van der Waals surface area contributed by atoms with Crippen molar-refractivity contribution >= 4 is 17.3 Å². The van der Waals surface area contributed by atoms with Crippen molar-refractivity contribution in [2.45, 2.75) is 18.6 Å². The summed E-state index contributed by atoms with van der Waals surface area (Å²) in [6, 6.07) is 20.8. The Morgan fingerprint density at radius 2 is 1.83 bits per heavy atom. The maximum Gasteiger partial charge on any atom is 0.231 e. The van der Waals surface area contributed by atoms with E-state index >= 15 is 0 Å². The molecule has 2 aliphatic rings. The first-order valence-electron chi connectivity index (χ1n) is 9.43. The minimum absolute atomic E-state index is 0.0990. The van der Waals surface area contributed by atoms with Crippen LogP contribution < -0.4 is 14.8 Å². The highest BCUT2D eigenvalue weighted by Crippen LogP contribution is 2.37. The largest absolute Gasteiger partial charge is 0.508 e. The number of phenolic OH excluding ortho intramolecular Hbond substituents is 1. The van der Waals surface area contributed by atoms with E-state index < -0.39 is 0 Å². The van der Waals surface area contributed by atoms with Crippen molar-refractivity contribution in [3.63, 3.8) is 0 Å². The Morgan fingerprint density at radius 3 is 2.69 bits per heavy atom. The highest BCUT2D eigenvalue weighted by Gasteiger charge is 2.28. The van der Waals surface area contributed by atoms with E-state index in [0.717, 1.165) is 33.9 Å². The molecule has 6 heteroatoms. The molecule has 0 amide bonds. The van der Waals surface area contributed by atoms with Crippen molar-refractivity contribution in [2.24, 2.45) is 4.99 Å². The fraction of sp³-hybridized carbons (Fsp3) is 0.174. The van der Waals surface area contributed by atoms with Gasteiger partial charge in [-0.15, -0.1) is 0 Å². The SMILES string of the molecule is Oc1ccccc1[C@H]1CC(c2ccc3c(c2)OCO3)=N[C@@H](c2cccc(Cl)c2)N1. The van der Waals surface area contributed by atoms with Gasteiger partial charge in [-0.05, 0) is 47.5 Å². The molecule has 0 saturated carbocycles. The van der Waals surface area contributed by atoms with Crippen LogP contribution in [0.3, 0.4) is 0 Å². The van der Waals surface area contributed by atoms with Crippen LogP contribution in [0.15, 0.2) is 71.7 Å². The number of halogens is 1. The Bertz CT molecular complexity index is 1100. The maximum absolute atomic E-state index is 10.4. The molecule has 2 atom stereocenters. The lowest BCUT2D eigenvalue weighted by molar-refractivity contribution is 0.174. The van der Waals surface area contributed by atoms with Gasteiger partial charge in [-0.1, -0.05) is 41.9 Å². The number of ether oxygens (including phenoxy) is 2. The summed E-state index contributed by atoms with van der Waals surface area (Å²) in [5.41, 5.74) is 3.71. The zero-order valence-corrected chi connectivity index (χ0v) is 16.3. The summed E-state index contributed by atoms with van der Waals surface area (Å²) < 4.78 is 11.0. The molecule has 29 heavy (non-hydrogen) atoms. The summed E-state index contributed by atoms with van der Waals surface area (Å²) >= 11 is 6.21. The van der Waals surface area contributed by atoms with E-state index in [1.54, 1.807) is 6.07 Å². The molecule has 0 bridgehead atoms. The topological polar surface area (TPSA) is 63.1 Å². The monoisotopic (exact) mass is 406 g/mol. The van der Waals surface area contributed by atoms with Gasteiger partial charge in [0.15, 0.2) is 11.5 Å². The van der Waals surface area contributed by atoms with Gasteiger partial charge in [-0.25, -0.2) is 0 Å². The number of nitrogens with one attached hydrogen (secondary N) is 1. The van der Waals surface area contributed by atoms with E-state index in [4.69, 9.17) is 26.1 Å². The fourth-order valence-corrected chi connectivity index (χ4v) is 3.99. The molecule has 0 aliphatic carbocycles. The fourth-order valence-electron chi connectivity index (χ4n) is 3.79. The summed E-state index contributed by atoms with van der Waals surface area (Å²) in [4.78, 5) is 4.96. The first-order valence-corrected chi connectivity index (χ1v) is 9.81. The van der Waals surface area contributed by atoms with E-state index in [0.29, 0.717) is 11.4 Å². The number of hydrogen-bond acceptors (Lipinski definition) is 5. The van der Waals surface area contributed by atoms with Crippen molar-refractivity contribution < 1.29 is 14.6 Å². The Hall–Kier alpha value is -3.02. The van der Waals surface area contributed by atoms with Gasteiger partial charge in [0.2, 0.25) is 6.79 Å². The molecule has 2 N–H and O–H groups in total. The van der Waals surface area contributed by atoms with E-state index in [2.05, 4.69) is 5.32 Å². The quantitative estimate of drug-likeness (QED) is 0.642. The van der Waals surface area contributed by atoms with Crippen LogP contribution in [0.25, 0.3) is 0 Å². The summed E-state index contributed by atoms with van der Waals surface area (Å²) in [5, 5.41) is 14.6. The molecule has 3 aromatic rings. The van der Waals surface area contributed by atoms with Crippen molar-refractivity contribution in [3.8, 4) is 17.2 Å². The van der Waals surface area contributed by atoms with Gasteiger partial charge >= 0.3 is 0 Å².